The Hall–Kier alpha value is -1.42. The second-order valence-corrected chi connectivity index (χ2v) is 23.4. The van der Waals surface area contributed by atoms with Crippen LogP contribution in [0.25, 0.3) is 0 Å². The number of quaternary nitrogens is 2. The van der Waals surface area contributed by atoms with Gasteiger partial charge in [-0.25, -0.2) is 4.79 Å². The lowest BCUT2D eigenvalue weighted by Gasteiger charge is -2.34. The van der Waals surface area contributed by atoms with Gasteiger partial charge in [-0.1, -0.05) is 181 Å². The van der Waals surface area contributed by atoms with Crippen molar-refractivity contribution >= 4 is 12.1 Å². The Labute approximate surface area is 422 Å². The number of carbonyl (C=O) groups excluding carboxylic acids is 2. The molecule has 1 amide bonds. The molecule has 0 aliphatic heterocycles. The molecule has 0 unspecified atom stereocenters. The molecule has 2 aliphatic carbocycles. The van der Waals surface area contributed by atoms with E-state index in [0.29, 0.717) is 52.1 Å². The average Bonchev–Trinajstić information content (AvgIpc) is 3.31. The lowest BCUT2D eigenvalue weighted by molar-refractivity contribution is -0.909. The standard InChI is InChI=1S/C59H116N3O6/c1-7-9-11-13-15-17-19-21-23-25-27-29-31-33-43-61(3,4)45-46-65-47-49-67-58(63)52-56-37-35-54(36-38-56)51-55-39-41-57(42-40-55)60-59(64)68-50-48-66-53-62(5,6)44-34-32-30-28-26-24-22-20-18-16-14-12-10-8-2/h54-57H,7-53H2,1-6H3/q+1/p+1. The van der Waals surface area contributed by atoms with Gasteiger partial charge >= 0.3 is 12.1 Å². The van der Waals surface area contributed by atoms with Gasteiger partial charge in [-0.3, -0.25) is 4.79 Å². The Morgan fingerprint density at radius 3 is 1.26 bits per heavy atom. The molecule has 0 aromatic carbocycles. The number of alkyl carbamates (subject to hydrolysis) is 1. The third-order valence-corrected chi connectivity index (χ3v) is 15.7. The SMILES string of the molecule is CCCCCCCCCCCCCCCC[N+](C)(C)CCOCCOC(=O)CC1CCC(CC2CCC(NC(=O)OCCOC[N+](C)(C)CCCCCCCCCCCCCCCC)CC2)CC1. The first-order valence-electron chi connectivity index (χ1n) is 29.9. The number of hydrogen-bond acceptors (Lipinski definition) is 6. The Morgan fingerprint density at radius 1 is 0.412 bits per heavy atom. The van der Waals surface area contributed by atoms with Gasteiger partial charge in [0, 0.05) is 12.5 Å². The zero-order valence-electron chi connectivity index (χ0n) is 46.4. The van der Waals surface area contributed by atoms with Crippen LogP contribution in [0.4, 0.5) is 4.79 Å². The van der Waals surface area contributed by atoms with E-state index < -0.39 is 0 Å². The van der Waals surface area contributed by atoms with Crippen LogP contribution >= 0.6 is 0 Å². The number of rotatable bonds is 46. The minimum Gasteiger partial charge on any atom is -0.463 e. The Balaban J connectivity index is 1.36. The fraction of sp³-hybridized carbons (Fsp3) is 0.966. The highest BCUT2D eigenvalue weighted by Gasteiger charge is 2.29. The van der Waals surface area contributed by atoms with Crippen molar-refractivity contribution in [3.05, 3.63) is 0 Å². The smallest absolute Gasteiger partial charge is 0.407 e. The summed E-state index contributed by atoms with van der Waals surface area (Å²) in [4.78, 5) is 25.2. The Kier molecular flexibility index (Phi) is 38.8. The monoisotopic (exact) mass is 964 g/mol. The molecule has 0 aromatic heterocycles. The van der Waals surface area contributed by atoms with Gasteiger partial charge in [-0.05, 0) is 88.4 Å². The predicted molar refractivity (Wildman–Crippen MR) is 287 cm³/mol. The van der Waals surface area contributed by atoms with Crippen molar-refractivity contribution in [2.75, 3.05) is 87.6 Å². The number of hydrogen-bond donors (Lipinski definition) is 1. The van der Waals surface area contributed by atoms with E-state index in [9.17, 15) is 9.59 Å². The van der Waals surface area contributed by atoms with E-state index in [1.54, 1.807) is 0 Å². The Bertz CT molecular complexity index is 1150. The summed E-state index contributed by atoms with van der Waals surface area (Å²) in [6.45, 7) is 10.9. The number of nitrogens with zero attached hydrogens (tertiary/aromatic N) is 2. The number of likely N-dealkylation sites (N-methyl/N-ethyl adjacent to an activating group) is 1. The molecule has 0 saturated heterocycles. The summed E-state index contributed by atoms with van der Waals surface area (Å²) in [5.74, 6) is 1.89. The molecule has 2 fully saturated rings. The quantitative estimate of drug-likeness (QED) is 0.0283. The number of carbonyl (C=O) groups is 2. The van der Waals surface area contributed by atoms with Crippen LogP contribution in [-0.4, -0.2) is 115 Å². The van der Waals surface area contributed by atoms with Crippen LogP contribution in [0.1, 0.15) is 258 Å². The first-order valence-corrected chi connectivity index (χ1v) is 29.9. The molecule has 0 atom stereocenters. The molecule has 0 aromatic rings. The summed E-state index contributed by atoms with van der Waals surface area (Å²) in [6, 6.07) is 0.210. The third-order valence-electron chi connectivity index (χ3n) is 15.7. The van der Waals surface area contributed by atoms with E-state index in [-0.39, 0.29) is 18.1 Å². The highest BCUT2D eigenvalue weighted by molar-refractivity contribution is 5.69. The van der Waals surface area contributed by atoms with Crippen LogP contribution in [0.15, 0.2) is 0 Å². The van der Waals surface area contributed by atoms with E-state index in [2.05, 4.69) is 47.4 Å². The lowest BCUT2D eigenvalue weighted by Crippen LogP contribution is -2.43. The summed E-state index contributed by atoms with van der Waals surface area (Å²) in [7, 11) is 9.08. The van der Waals surface area contributed by atoms with Gasteiger partial charge in [0.25, 0.3) is 0 Å². The van der Waals surface area contributed by atoms with Crippen molar-refractivity contribution in [3.63, 3.8) is 0 Å². The van der Waals surface area contributed by atoms with Crippen molar-refractivity contribution in [1.29, 1.82) is 0 Å². The number of amides is 1. The van der Waals surface area contributed by atoms with E-state index in [1.807, 2.05) is 0 Å². The van der Waals surface area contributed by atoms with Crippen LogP contribution in [0, 0.1) is 17.8 Å². The maximum atomic E-state index is 12.6. The van der Waals surface area contributed by atoms with Gasteiger partial charge in [-0.15, -0.1) is 0 Å². The summed E-state index contributed by atoms with van der Waals surface area (Å²) in [5.41, 5.74) is 0. The minimum atomic E-state index is -0.304. The molecular weight excluding hydrogens is 847 g/mol. The average molecular weight is 965 g/mol. The first-order chi connectivity index (χ1) is 33.0. The third kappa shape index (κ3) is 37.4. The van der Waals surface area contributed by atoms with Crippen LogP contribution in [0.5, 0.6) is 0 Å². The van der Waals surface area contributed by atoms with Crippen LogP contribution in [-0.2, 0) is 23.7 Å². The fourth-order valence-electron chi connectivity index (χ4n) is 11.0. The maximum absolute atomic E-state index is 12.6. The molecule has 9 heteroatoms. The van der Waals surface area contributed by atoms with Crippen molar-refractivity contribution in [3.8, 4) is 0 Å². The largest absolute Gasteiger partial charge is 0.463 e. The summed E-state index contributed by atoms with van der Waals surface area (Å²) >= 11 is 0. The lowest BCUT2D eigenvalue weighted by atomic mass is 9.74. The van der Waals surface area contributed by atoms with Gasteiger partial charge < -0.3 is 33.2 Å². The number of esters is 1. The maximum Gasteiger partial charge on any atom is 0.407 e. The van der Waals surface area contributed by atoms with Crippen molar-refractivity contribution < 1.29 is 37.5 Å². The van der Waals surface area contributed by atoms with Crippen LogP contribution in [0.3, 0.4) is 0 Å². The highest BCUT2D eigenvalue weighted by Crippen LogP contribution is 2.38. The van der Waals surface area contributed by atoms with Crippen molar-refractivity contribution in [2.45, 2.75) is 264 Å². The number of ether oxygens (including phenoxy) is 4. The molecule has 9 nitrogen and oxygen atoms in total. The zero-order chi connectivity index (χ0) is 49.2. The minimum absolute atomic E-state index is 0.0587. The Morgan fingerprint density at radius 2 is 0.794 bits per heavy atom. The molecule has 2 aliphatic rings. The van der Waals surface area contributed by atoms with Crippen LogP contribution < -0.4 is 5.32 Å². The molecule has 1 N–H and O–H groups in total. The summed E-state index contributed by atoms with van der Waals surface area (Å²) < 4.78 is 24.7. The molecule has 2 rings (SSSR count). The van der Waals surface area contributed by atoms with E-state index in [0.717, 1.165) is 59.6 Å². The van der Waals surface area contributed by atoms with Gasteiger partial charge in [0.1, 0.15) is 19.8 Å². The zero-order valence-corrected chi connectivity index (χ0v) is 46.4. The first kappa shape index (κ1) is 62.7. The molecular formula is C59H117N3O6+2. The van der Waals surface area contributed by atoms with Gasteiger partial charge in [0.2, 0.25) is 0 Å². The number of unbranched alkanes of at least 4 members (excludes halogenated alkanes) is 26. The van der Waals surface area contributed by atoms with E-state index in [4.69, 9.17) is 18.9 Å². The predicted octanol–water partition coefficient (Wildman–Crippen LogP) is 15.5. The summed E-state index contributed by atoms with van der Waals surface area (Å²) in [6.07, 6.45) is 49.6. The van der Waals surface area contributed by atoms with Crippen molar-refractivity contribution in [2.24, 2.45) is 17.8 Å². The molecule has 0 bridgehead atoms. The molecule has 0 spiro atoms. The topological polar surface area (TPSA) is 83.1 Å². The van der Waals surface area contributed by atoms with Crippen LogP contribution in [0.2, 0.25) is 0 Å². The van der Waals surface area contributed by atoms with Gasteiger partial charge in [0.05, 0.1) is 61.1 Å². The van der Waals surface area contributed by atoms with Gasteiger partial charge in [-0.2, -0.15) is 0 Å². The second-order valence-electron chi connectivity index (χ2n) is 23.4. The molecule has 2 saturated carbocycles. The highest BCUT2D eigenvalue weighted by atomic mass is 16.6. The molecule has 0 radical (unpaired) electrons. The summed E-state index contributed by atoms with van der Waals surface area (Å²) in [5, 5.41) is 3.12. The van der Waals surface area contributed by atoms with E-state index >= 15 is 0 Å². The molecule has 402 valence electrons. The van der Waals surface area contributed by atoms with Gasteiger partial charge in [0.15, 0.2) is 6.73 Å². The fourth-order valence-corrected chi connectivity index (χ4v) is 11.0. The van der Waals surface area contributed by atoms with E-state index in [1.165, 1.54) is 218 Å². The normalized spacial score (nSPS) is 19.0. The molecule has 0 heterocycles. The molecule has 68 heavy (non-hydrogen) atoms. The second kappa shape index (κ2) is 42.1. The van der Waals surface area contributed by atoms with Crippen molar-refractivity contribution in [1.82, 2.24) is 5.32 Å². The number of nitrogens with one attached hydrogen (secondary N) is 1.